The highest BCUT2D eigenvalue weighted by molar-refractivity contribution is 7.89. The van der Waals surface area contributed by atoms with Crippen LogP contribution < -0.4 is 10.1 Å². The van der Waals surface area contributed by atoms with Gasteiger partial charge in [-0.2, -0.15) is 4.31 Å². The Morgan fingerprint density at radius 3 is 2.39 bits per heavy atom. The molecule has 33 heavy (non-hydrogen) atoms. The summed E-state index contributed by atoms with van der Waals surface area (Å²) in [4.78, 5) is 16.8. The van der Waals surface area contributed by atoms with Crippen LogP contribution in [0.15, 0.2) is 78.0 Å². The van der Waals surface area contributed by atoms with Crippen LogP contribution in [0, 0.1) is 0 Å². The molecule has 1 aliphatic rings. The number of rotatable bonds is 8. The van der Waals surface area contributed by atoms with E-state index in [4.69, 9.17) is 9.47 Å². The average molecular weight is 468 g/mol. The van der Waals surface area contributed by atoms with Gasteiger partial charge >= 0.3 is 0 Å². The second-order valence-corrected chi connectivity index (χ2v) is 9.46. The van der Waals surface area contributed by atoms with E-state index in [0.717, 1.165) is 11.1 Å². The molecule has 9 heteroatoms. The second kappa shape index (κ2) is 10.6. The third-order valence-corrected chi connectivity index (χ3v) is 7.14. The minimum Gasteiger partial charge on any atom is -0.489 e. The van der Waals surface area contributed by atoms with Crippen molar-refractivity contribution >= 4 is 15.9 Å². The van der Waals surface area contributed by atoms with Crippen molar-refractivity contribution in [1.82, 2.24) is 14.6 Å². The van der Waals surface area contributed by atoms with Gasteiger partial charge in [-0.15, -0.1) is 0 Å². The first-order valence-corrected chi connectivity index (χ1v) is 12.0. The Kier molecular flexibility index (Phi) is 7.33. The van der Waals surface area contributed by atoms with E-state index in [-0.39, 0.29) is 17.3 Å². The van der Waals surface area contributed by atoms with Gasteiger partial charge in [-0.25, -0.2) is 8.42 Å². The topological polar surface area (TPSA) is 97.8 Å². The van der Waals surface area contributed by atoms with E-state index in [2.05, 4.69) is 10.3 Å². The Balaban J connectivity index is 1.29. The fourth-order valence-corrected chi connectivity index (χ4v) is 4.76. The van der Waals surface area contributed by atoms with Crippen molar-refractivity contribution in [2.75, 3.05) is 26.3 Å². The molecule has 3 aromatic rings. The summed E-state index contributed by atoms with van der Waals surface area (Å²) in [5.41, 5.74) is 2.28. The van der Waals surface area contributed by atoms with Crippen molar-refractivity contribution in [2.45, 2.75) is 18.0 Å². The summed E-state index contributed by atoms with van der Waals surface area (Å²) in [7, 11) is -3.53. The minimum absolute atomic E-state index is 0.223. The van der Waals surface area contributed by atoms with Crippen LogP contribution in [0.3, 0.4) is 0 Å². The minimum atomic E-state index is -3.53. The number of sulfonamides is 1. The first-order valence-electron chi connectivity index (χ1n) is 10.6. The van der Waals surface area contributed by atoms with Gasteiger partial charge in [0.15, 0.2) is 0 Å². The first-order chi connectivity index (χ1) is 16.0. The number of pyridine rings is 1. The molecule has 8 nitrogen and oxygen atoms in total. The zero-order valence-corrected chi connectivity index (χ0v) is 18.8. The van der Waals surface area contributed by atoms with Crippen molar-refractivity contribution in [3.63, 3.8) is 0 Å². The molecule has 1 aromatic heterocycles. The smallest absolute Gasteiger partial charge is 0.251 e. The maximum absolute atomic E-state index is 12.7. The molecule has 4 rings (SSSR count). The Hall–Kier alpha value is -3.27. The lowest BCUT2D eigenvalue weighted by atomic mass is 10.2. The van der Waals surface area contributed by atoms with E-state index in [9.17, 15) is 13.2 Å². The van der Waals surface area contributed by atoms with Gasteiger partial charge in [-0.1, -0.05) is 18.2 Å². The number of hydrogen-bond donors (Lipinski definition) is 1. The van der Waals surface area contributed by atoms with E-state index < -0.39 is 10.0 Å². The zero-order valence-electron chi connectivity index (χ0n) is 18.0. The predicted molar refractivity (Wildman–Crippen MR) is 122 cm³/mol. The molecule has 0 spiro atoms. The van der Waals surface area contributed by atoms with Gasteiger partial charge in [0.1, 0.15) is 12.4 Å². The maximum Gasteiger partial charge on any atom is 0.251 e. The van der Waals surface area contributed by atoms with Gasteiger partial charge in [0, 0.05) is 43.2 Å². The highest BCUT2D eigenvalue weighted by Crippen LogP contribution is 2.18. The monoisotopic (exact) mass is 467 g/mol. The van der Waals surface area contributed by atoms with Crippen molar-refractivity contribution in [3.05, 3.63) is 89.7 Å². The van der Waals surface area contributed by atoms with Gasteiger partial charge in [0.25, 0.3) is 5.91 Å². The third kappa shape index (κ3) is 5.95. The van der Waals surface area contributed by atoms with Gasteiger partial charge in [0.05, 0.1) is 18.1 Å². The molecule has 0 unspecified atom stereocenters. The molecule has 1 saturated heterocycles. The lowest BCUT2D eigenvalue weighted by molar-refractivity contribution is 0.0730. The van der Waals surface area contributed by atoms with Crippen molar-refractivity contribution < 1.29 is 22.7 Å². The van der Waals surface area contributed by atoms with Crippen molar-refractivity contribution in [1.29, 1.82) is 0 Å². The standard InChI is InChI=1S/C24H25N3O5S/c28-24(21-5-7-22(8-6-21)32-18-20-2-1-11-25-16-20)26-17-19-3-9-23(10-4-19)33(29,30)27-12-14-31-15-13-27/h1-11,16H,12-15,17-18H2,(H,26,28). The van der Waals surface area contributed by atoms with E-state index in [0.29, 0.717) is 44.2 Å². The normalized spacial score (nSPS) is 14.5. The number of benzene rings is 2. The molecule has 1 aliphatic heterocycles. The van der Waals surface area contributed by atoms with E-state index in [1.807, 2.05) is 12.1 Å². The van der Waals surface area contributed by atoms with Gasteiger partial charge < -0.3 is 14.8 Å². The maximum atomic E-state index is 12.7. The summed E-state index contributed by atoms with van der Waals surface area (Å²) in [6.45, 7) is 2.20. The quantitative estimate of drug-likeness (QED) is 0.547. The average Bonchev–Trinajstić information content (AvgIpc) is 2.88. The highest BCUT2D eigenvalue weighted by atomic mass is 32.2. The van der Waals surface area contributed by atoms with Crippen molar-refractivity contribution in [2.24, 2.45) is 0 Å². The lowest BCUT2D eigenvalue weighted by Crippen LogP contribution is -2.40. The fraction of sp³-hybridized carbons (Fsp3) is 0.250. The summed E-state index contributed by atoms with van der Waals surface area (Å²) >= 11 is 0. The van der Waals surface area contributed by atoms with Crippen LogP contribution in [0.2, 0.25) is 0 Å². The SMILES string of the molecule is O=C(NCc1ccc(S(=O)(=O)N2CCOCC2)cc1)c1ccc(OCc2cccnc2)cc1. The molecule has 0 atom stereocenters. The number of nitrogens with zero attached hydrogens (tertiary/aromatic N) is 2. The fourth-order valence-electron chi connectivity index (χ4n) is 3.35. The number of nitrogens with one attached hydrogen (secondary N) is 1. The van der Waals surface area contributed by atoms with Crippen LogP contribution in [0.5, 0.6) is 5.75 Å². The molecular weight excluding hydrogens is 442 g/mol. The largest absolute Gasteiger partial charge is 0.489 e. The molecule has 0 saturated carbocycles. The molecule has 2 heterocycles. The van der Waals surface area contributed by atoms with Crippen LogP contribution in [-0.2, 0) is 27.9 Å². The molecular formula is C24H25N3O5S. The Morgan fingerprint density at radius 1 is 1.00 bits per heavy atom. The molecule has 2 aromatic carbocycles. The van der Waals surface area contributed by atoms with Crippen LogP contribution in [0.4, 0.5) is 0 Å². The first kappa shape index (κ1) is 22.9. The molecule has 0 aliphatic carbocycles. The van der Waals surface area contributed by atoms with Crippen LogP contribution in [0.1, 0.15) is 21.5 Å². The Bertz CT molecular complexity index is 1160. The Morgan fingerprint density at radius 2 is 1.73 bits per heavy atom. The second-order valence-electron chi connectivity index (χ2n) is 7.52. The van der Waals surface area contributed by atoms with Crippen molar-refractivity contribution in [3.8, 4) is 5.75 Å². The van der Waals surface area contributed by atoms with Crippen LogP contribution in [0.25, 0.3) is 0 Å². The van der Waals surface area contributed by atoms with E-state index in [1.54, 1.807) is 60.9 Å². The third-order valence-electron chi connectivity index (χ3n) is 5.23. The molecule has 1 N–H and O–H groups in total. The number of ether oxygens (including phenoxy) is 2. The number of aromatic nitrogens is 1. The Labute approximate surface area is 193 Å². The summed E-state index contributed by atoms with van der Waals surface area (Å²) in [5, 5.41) is 2.85. The summed E-state index contributed by atoms with van der Waals surface area (Å²) in [6.07, 6.45) is 3.45. The molecule has 0 bridgehead atoms. The summed E-state index contributed by atoms with van der Waals surface area (Å²) < 4.78 is 37.7. The zero-order chi connectivity index (χ0) is 23.1. The predicted octanol–water partition coefficient (Wildman–Crippen LogP) is 2.61. The molecule has 1 amide bonds. The number of carbonyl (C=O) groups excluding carboxylic acids is 1. The lowest BCUT2D eigenvalue weighted by Gasteiger charge is -2.26. The van der Waals surface area contributed by atoms with Gasteiger partial charge in [0.2, 0.25) is 10.0 Å². The van der Waals surface area contributed by atoms with E-state index in [1.165, 1.54) is 4.31 Å². The van der Waals surface area contributed by atoms with E-state index >= 15 is 0 Å². The molecule has 172 valence electrons. The van der Waals surface area contributed by atoms with Gasteiger partial charge in [-0.3, -0.25) is 9.78 Å². The molecule has 0 radical (unpaired) electrons. The van der Waals surface area contributed by atoms with Crippen LogP contribution in [-0.4, -0.2) is 49.9 Å². The van der Waals surface area contributed by atoms with Gasteiger partial charge in [-0.05, 0) is 48.0 Å². The number of amides is 1. The number of hydrogen-bond acceptors (Lipinski definition) is 6. The number of morpholine rings is 1. The summed E-state index contributed by atoms with van der Waals surface area (Å²) in [5.74, 6) is 0.436. The summed E-state index contributed by atoms with van der Waals surface area (Å²) in [6, 6.07) is 17.2. The highest BCUT2D eigenvalue weighted by Gasteiger charge is 2.26. The molecule has 1 fully saturated rings. The van der Waals surface area contributed by atoms with Crippen LogP contribution >= 0.6 is 0 Å². The number of carbonyl (C=O) groups is 1.